The van der Waals surface area contributed by atoms with Crippen LogP contribution in [0.15, 0.2) is 29.2 Å². The molecule has 0 aliphatic rings. The second-order valence-corrected chi connectivity index (χ2v) is 6.85. The molecule has 0 saturated carbocycles. The monoisotopic (exact) mass is 299 g/mol. The molecule has 5 heteroatoms. The molecule has 4 nitrogen and oxygen atoms in total. The van der Waals surface area contributed by atoms with Gasteiger partial charge in [-0.25, -0.2) is 8.42 Å². The van der Waals surface area contributed by atoms with Crippen LogP contribution in [-0.2, 0) is 10.0 Å². The molecule has 114 valence electrons. The van der Waals surface area contributed by atoms with E-state index in [1.807, 2.05) is 27.7 Å². The molecular formula is C15H25NO3S. The highest BCUT2D eigenvalue weighted by molar-refractivity contribution is 7.89. The smallest absolute Gasteiger partial charge is 0.243 e. The van der Waals surface area contributed by atoms with E-state index in [2.05, 4.69) is 0 Å². The summed E-state index contributed by atoms with van der Waals surface area (Å²) in [6.07, 6.45) is 0.709. The second-order valence-electron chi connectivity index (χ2n) is 4.96. The first-order chi connectivity index (χ1) is 9.38. The van der Waals surface area contributed by atoms with Crippen molar-refractivity contribution in [2.24, 2.45) is 0 Å². The molecule has 0 fully saturated rings. The Bertz CT molecular complexity index is 528. The van der Waals surface area contributed by atoms with E-state index in [1.165, 1.54) is 4.31 Å². The van der Waals surface area contributed by atoms with Crippen LogP contribution in [0, 0.1) is 0 Å². The van der Waals surface area contributed by atoms with E-state index in [9.17, 15) is 13.5 Å². The first-order valence-corrected chi connectivity index (χ1v) is 8.62. The zero-order chi connectivity index (χ0) is 15.3. The molecule has 1 aromatic rings. The molecule has 2 unspecified atom stereocenters. The number of rotatable bonds is 7. The van der Waals surface area contributed by atoms with Gasteiger partial charge in [-0.2, -0.15) is 4.31 Å². The topological polar surface area (TPSA) is 57.6 Å². The third-order valence-electron chi connectivity index (χ3n) is 3.63. The maximum Gasteiger partial charge on any atom is 0.243 e. The largest absolute Gasteiger partial charge is 0.388 e. The van der Waals surface area contributed by atoms with Crippen molar-refractivity contribution >= 4 is 10.0 Å². The van der Waals surface area contributed by atoms with Crippen molar-refractivity contribution in [1.29, 1.82) is 0 Å². The van der Waals surface area contributed by atoms with E-state index in [-0.39, 0.29) is 10.9 Å². The number of sulfonamides is 1. The van der Waals surface area contributed by atoms with Gasteiger partial charge in [-0.3, -0.25) is 0 Å². The van der Waals surface area contributed by atoms with Crippen molar-refractivity contribution in [1.82, 2.24) is 4.31 Å². The number of aliphatic hydroxyl groups excluding tert-OH is 1. The zero-order valence-electron chi connectivity index (χ0n) is 12.7. The van der Waals surface area contributed by atoms with Crippen LogP contribution < -0.4 is 0 Å². The Kier molecular flexibility index (Phi) is 6.17. The van der Waals surface area contributed by atoms with Crippen molar-refractivity contribution in [2.45, 2.75) is 57.6 Å². The van der Waals surface area contributed by atoms with Gasteiger partial charge in [0, 0.05) is 12.6 Å². The van der Waals surface area contributed by atoms with Crippen molar-refractivity contribution in [3.8, 4) is 0 Å². The van der Waals surface area contributed by atoms with Gasteiger partial charge in [-0.1, -0.05) is 32.9 Å². The van der Waals surface area contributed by atoms with Gasteiger partial charge in [0.15, 0.2) is 0 Å². The van der Waals surface area contributed by atoms with Crippen LogP contribution in [0.1, 0.15) is 52.2 Å². The molecule has 0 spiro atoms. The summed E-state index contributed by atoms with van der Waals surface area (Å²) in [4.78, 5) is 0.254. The molecule has 20 heavy (non-hydrogen) atoms. The molecule has 0 aromatic heterocycles. The van der Waals surface area contributed by atoms with Crippen LogP contribution >= 0.6 is 0 Å². The van der Waals surface area contributed by atoms with Crippen LogP contribution in [0.3, 0.4) is 0 Å². The normalized spacial score (nSPS) is 15.3. The molecule has 0 heterocycles. The summed E-state index contributed by atoms with van der Waals surface area (Å²) < 4.78 is 26.8. The Morgan fingerprint density at radius 3 is 2.35 bits per heavy atom. The fourth-order valence-electron chi connectivity index (χ4n) is 2.18. The predicted molar refractivity (Wildman–Crippen MR) is 81.0 cm³/mol. The SMILES string of the molecule is CCC(O)c1cccc(S(=O)(=O)N(CC)C(C)CC)c1. The zero-order valence-corrected chi connectivity index (χ0v) is 13.5. The molecule has 0 amide bonds. The average Bonchev–Trinajstić information content (AvgIpc) is 2.46. The standard InChI is InChI=1S/C15H25NO3S/c1-5-12(4)16(7-3)20(18,19)14-10-8-9-13(11-14)15(17)6-2/h8-12,15,17H,5-7H2,1-4H3. The molecule has 1 aromatic carbocycles. The van der Waals surface area contributed by atoms with Crippen molar-refractivity contribution in [3.05, 3.63) is 29.8 Å². The third-order valence-corrected chi connectivity index (χ3v) is 5.72. The average molecular weight is 299 g/mol. The lowest BCUT2D eigenvalue weighted by Gasteiger charge is -2.26. The first-order valence-electron chi connectivity index (χ1n) is 7.18. The minimum atomic E-state index is -3.50. The van der Waals surface area contributed by atoms with E-state index >= 15 is 0 Å². The lowest BCUT2D eigenvalue weighted by Crippen LogP contribution is -2.38. The minimum Gasteiger partial charge on any atom is -0.388 e. The van der Waals surface area contributed by atoms with Crippen LogP contribution in [0.25, 0.3) is 0 Å². The summed E-state index contributed by atoms with van der Waals surface area (Å²) in [5, 5.41) is 9.86. The Hall–Kier alpha value is -0.910. The summed E-state index contributed by atoms with van der Waals surface area (Å²) in [5.74, 6) is 0. The van der Waals surface area contributed by atoms with Crippen molar-refractivity contribution in [2.75, 3.05) is 6.54 Å². The van der Waals surface area contributed by atoms with E-state index in [1.54, 1.807) is 24.3 Å². The van der Waals surface area contributed by atoms with E-state index in [0.29, 0.717) is 18.5 Å². The summed E-state index contributed by atoms with van der Waals surface area (Å²) in [6.45, 7) is 8.03. The molecule has 0 aliphatic carbocycles. The highest BCUT2D eigenvalue weighted by atomic mass is 32.2. The molecule has 0 radical (unpaired) electrons. The highest BCUT2D eigenvalue weighted by Gasteiger charge is 2.27. The fraction of sp³-hybridized carbons (Fsp3) is 0.600. The molecule has 2 atom stereocenters. The van der Waals surface area contributed by atoms with Gasteiger partial charge in [0.25, 0.3) is 0 Å². The third kappa shape index (κ3) is 3.59. The van der Waals surface area contributed by atoms with Gasteiger partial charge in [-0.05, 0) is 37.5 Å². The number of benzene rings is 1. The van der Waals surface area contributed by atoms with Crippen LogP contribution in [0.4, 0.5) is 0 Å². The van der Waals surface area contributed by atoms with Crippen LogP contribution in [0.5, 0.6) is 0 Å². The van der Waals surface area contributed by atoms with E-state index in [4.69, 9.17) is 0 Å². The molecule has 0 saturated heterocycles. The predicted octanol–water partition coefficient (Wildman–Crippen LogP) is 2.94. The number of nitrogens with zero attached hydrogens (tertiary/aromatic N) is 1. The van der Waals surface area contributed by atoms with Crippen molar-refractivity contribution < 1.29 is 13.5 Å². The maximum atomic E-state index is 12.7. The fourth-order valence-corrected chi connectivity index (χ4v) is 3.94. The highest BCUT2D eigenvalue weighted by Crippen LogP contribution is 2.23. The number of hydrogen-bond donors (Lipinski definition) is 1. The van der Waals surface area contributed by atoms with Gasteiger partial charge in [0.1, 0.15) is 0 Å². The number of hydrogen-bond acceptors (Lipinski definition) is 3. The lowest BCUT2D eigenvalue weighted by molar-refractivity contribution is 0.173. The lowest BCUT2D eigenvalue weighted by atomic mass is 10.1. The Morgan fingerprint density at radius 2 is 1.85 bits per heavy atom. The van der Waals surface area contributed by atoms with Crippen LogP contribution in [0.2, 0.25) is 0 Å². The van der Waals surface area contributed by atoms with Gasteiger partial charge >= 0.3 is 0 Å². The van der Waals surface area contributed by atoms with Gasteiger partial charge < -0.3 is 5.11 Å². The van der Waals surface area contributed by atoms with Crippen molar-refractivity contribution in [3.63, 3.8) is 0 Å². The second kappa shape index (κ2) is 7.20. The Labute approximate surface area is 122 Å². The van der Waals surface area contributed by atoms with E-state index in [0.717, 1.165) is 6.42 Å². The molecule has 1 N–H and O–H groups in total. The summed E-state index contributed by atoms with van der Waals surface area (Å²) in [5.41, 5.74) is 0.647. The quantitative estimate of drug-likeness (QED) is 0.842. The Balaban J connectivity index is 3.21. The van der Waals surface area contributed by atoms with Gasteiger partial charge in [-0.15, -0.1) is 0 Å². The van der Waals surface area contributed by atoms with E-state index < -0.39 is 16.1 Å². The summed E-state index contributed by atoms with van der Waals surface area (Å²) in [6, 6.07) is 6.57. The first kappa shape index (κ1) is 17.1. The molecular weight excluding hydrogens is 274 g/mol. The Morgan fingerprint density at radius 1 is 1.20 bits per heavy atom. The maximum absolute atomic E-state index is 12.7. The summed E-state index contributed by atoms with van der Waals surface area (Å²) in [7, 11) is -3.50. The van der Waals surface area contributed by atoms with Gasteiger partial charge in [0.05, 0.1) is 11.0 Å². The molecule has 0 aliphatic heterocycles. The number of aliphatic hydroxyl groups is 1. The van der Waals surface area contributed by atoms with Crippen LogP contribution in [-0.4, -0.2) is 30.4 Å². The molecule has 1 rings (SSSR count). The summed E-state index contributed by atoms with van der Waals surface area (Å²) >= 11 is 0. The minimum absolute atomic E-state index is 0.0373. The van der Waals surface area contributed by atoms with Gasteiger partial charge in [0.2, 0.25) is 10.0 Å². The molecule has 0 bridgehead atoms.